The lowest BCUT2D eigenvalue weighted by Crippen LogP contribution is -2.24. The molecule has 1 fully saturated rings. The molecule has 4 rings (SSSR count). The summed E-state index contributed by atoms with van der Waals surface area (Å²) in [5.41, 5.74) is 2.28. The number of hydrogen-bond acceptors (Lipinski definition) is 4. The van der Waals surface area contributed by atoms with Crippen LogP contribution in [0.1, 0.15) is 19.0 Å². The molecule has 5 heteroatoms. The van der Waals surface area contributed by atoms with Crippen LogP contribution in [0.2, 0.25) is 0 Å². The van der Waals surface area contributed by atoms with Gasteiger partial charge in [-0.2, -0.15) is 0 Å². The van der Waals surface area contributed by atoms with E-state index in [4.69, 9.17) is 11.2 Å². The number of aromatic nitrogens is 3. The monoisotopic (exact) mass is 306 g/mol. The molecule has 3 aromatic heterocycles. The van der Waals surface area contributed by atoms with Crippen molar-refractivity contribution in [1.82, 2.24) is 19.9 Å². The summed E-state index contributed by atoms with van der Waals surface area (Å²) in [6.45, 7) is 5.20. The van der Waals surface area contributed by atoms with Crippen LogP contribution in [0.3, 0.4) is 0 Å². The summed E-state index contributed by atoms with van der Waals surface area (Å²) in [5, 5.41) is 1.99. The Balaban J connectivity index is 1.84. The zero-order chi connectivity index (χ0) is 15.8. The van der Waals surface area contributed by atoms with Crippen LogP contribution in [-0.2, 0) is 0 Å². The van der Waals surface area contributed by atoms with Crippen LogP contribution < -0.4 is 4.74 Å². The number of nitrogens with one attached hydrogen (secondary N) is 1. The first-order chi connectivity index (χ1) is 11.3. The molecule has 116 valence electrons. The lowest BCUT2D eigenvalue weighted by Gasteiger charge is -2.16. The van der Waals surface area contributed by atoms with Gasteiger partial charge in [-0.15, -0.1) is 6.42 Å². The summed E-state index contributed by atoms with van der Waals surface area (Å²) >= 11 is 0. The first-order valence-corrected chi connectivity index (χ1v) is 7.91. The van der Waals surface area contributed by atoms with Gasteiger partial charge in [-0.1, -0.05) is 6.92 Å². The highest BCUT2D eigenvalue weighted by molar-refractivity contribution is 6.09. The van der Waals surface area contributed by atoms with Gasteiger partial charge in [0, 0.05) is 24.7 Å². The largest absolute Gasteiger partial charge is 0.485 e. The fourth-order valence-electron chi connectivity index (χ4n) is 3.25. The number of ether oxygens (including phenoxy) is 1. The second-order valence-electron chi connectivity index (χ2n) is 5.82. The van der Waals surface area contributed by atoms with Crippen molar-refractivity contribution in [1.29, 1.82) is 0 Å². The number of likely N-dealkylation sites (N-methyl/N-ethyl adjacent to an activating group) is 1. The molecule has 0 unspecified atom stereocenters. The van der Waals surface area contributed by atoms with E-state index in [-0.39, 0.29) is 6.10 Å². The van der Waals surface area contributed by atoms with Gasteiger partial charge in [-0.05, 0) is 31.0 Å². The fraction of sp³-hybridized carbons (Fsp3) is 0.333. The molecule has 1 atom stereocenters. The van der Waals surface area contributed by atoms with E-state index in [0.29, 0.717) is 11.4 Å². The second-order valence-corrected chi connectivity index (χ2v) is 5.82. The van der Waals surface area contributed by atoms with E-state index in [1.54, 1.807) is 12.4 Å². The molecule has 0 aromatic carbocycles. The van der Waals surface area contributed by atoms with Gasteiger partial charge in [0.15, 0.2) is 11.4 Å². The number of rotatable bonds is 3. The van der Waals surface area contributed by atoms with Crippen LogP contribution in [0.25, 0.3) is 21.9 Å². The summed E-state index contributed by atoms with van der Waals surface area (Å²) in [5.74, 6) is 3.36. The molecule has 1 aliphatic heterocycles. The van der Waals surface area contributed by atoms with Gasteiger partial charge < -0.3 is 9.72 Å². The summed E-state index contributed by atoms with van der Waals surface area (Å²) in [6, 6.07) is 3.95. The number of aromatic amines is 1. The molecular weight excluding hydrogens is 288 g/mol. The Labute approximate surface area is 134 Å². The van der Waals surface area contributed by atoms with Crippen molar-refractivity contribution in [2.75, 3.05) is 19.6 Å². The molecule has 0 bridgehead atoms. The van der Waals surface area contributed by atoms with Crippen molar-refractivity contribution in [2.24, 2.45) is 0 Å². The number of H-pyrrole nitrogens is 1. The maximum atomic E-state index is 6.31. The Kier molecular flexibility index (Phi) is 3.40. The second kappa shape index (κ2) is 5.56. The predicted octanol–water partition coefficient (Wildman–Crippen LogP) is 2.57. The SMILES string of the molecule is C#Cc1ncc2[nH]c3ncccc3c2c1O[C@H]1CCN(CC)C1. The van der Waals surface area contributed by atoms with Gasteiger partial charge in [0.2, 0.25) is 0 Å². The minimum atomic E-state index is 0.149. The standard InChI is InChI=1S/C18H18N4O/c1-3-14-17(23-12-7-9-22(4-2)11-12)16-13-6-5-8-19-18(13)21-15(16)10-20-14/h1,5-6,8,10,12H,4,7,9,11H2,2H3,(H,19,21)/t12-/m0/s1. The number of nitrogens with zero attached hydrogens (tertiary/aromatic N) is 3. The number of hydrogen-bond donors (Lipinski definition) is 1. The van der Waals surface area contributed by atoms with Crippen molar-refractivity contribution in [3.63, 3.8) is 0 Å². The Morgan fingerprint density at radius 1 is 1.48 bits per heavy atom. The fourth-order valence-corrected chi connectivity index (χ4v) is 3.25. The smallest absolute Gasteiger partial charge is 0.164 e. The topological polar surface area (TPSA) is 54.0 Å². The van der Waals surface area contributed by atoms with Crippen LogP contribution in [-0.4, -0.2) is 45.6 Å². The molecule has 5 nitrogen and oxygen atoms in total. The van der Waals surface area contributed by atoms with Gasteiger partial charge in [0.25, 0.3) is 0 Å². The van der Waals surface area contributed by atoms with Gasteiger partial charge in [-0.3, -0.25) is 4.90 Å². The zero-order valence-corrected chi connectivity index (χ0v) is 13.0. The summed E-state index contributed by atoms with van der Waals surface area (Å²) < 4.78 is 6.31. The highest BCUT2D eigenvalue weighted by atomic mass is 16.5. The van der Waals surface area contributed by atoms with Crippen molar-refractivity contribution >= 4 is 21.9 Å². The Morgan fingerprint density at radius 2 is 2.39 bits per heavy atom. The molecule has 1 saturated heterocycles. The Bertz CT molecular complexity index is 908. The van der Waals surface area contributed by atoms with Crippen LogP contribution in [0.15, 0.2) is 24.5 Å². The van der Waals surface area contributed by atoms with Gasteiger partial charge in [0.05, 0.1) is 17.1 Å². The lowest BCUT2D eigenvalue weighted by molar-refractivity contribution is 0.204. The quantitative estimate of drug-likeness (QED) is 0.756. The Hall–Kier alpha value is -2.58. The molecule has 1 aliphatic rings. The molecule has 4 heterocycles. The number of terminal acetylenes is 1. The van der Waals surface area contributed by atoms with E-state index in [9.17, 15) is 0 Å². The van der Waals surface area contributed by atoms with E-state index in [2.05, 4.69) is 32.7 Å². The molecule has 0 radical (unpaired) electrons. The van der Waals surface area contributed by atoms with E-state index >= 15 is 0 Å². The predicted molar refractivity (Wildman–Crippen MR) is 90.5 cm³/mol. The van der Waals surface area contributed by atoms with Gasteiger partial charge in [0.1, 0.15) is 11.8 Å². The lowest BCUT2D eigenvalue weighted by atomic mass is 10.1. The van der Waals surface area contributed by atoms with E-state index in [0.717, 1.165) is 48.0 Å². The van der Waals surface area contributed by atoms with Crippen LogP contribution >= 0.6 is 0 Å². The van der Waals surface area contributed by atoms with Crippen molar-refractivity contribution in [3.8, 4) is 18.1 Å². The highest BCUT2D eigenvalue weighted by Crippen LogP contribution is 2.35. The van der Waals surface area contributed by atoms with Gasteiger partial charge >= 0.3 is 0 Å². The number of fused-ring (bicyclic) bond motifs is 3. The molecule has 0 amide bonds. The third-order valence-corrected chi connectivity index (χ3v) is 4.46. The normalized spacial score (nSPS) is 18.5. The maximum absolute atomic E-state index is 6.31. The van der Waals surface area contributed by atoms with E-state index < -0.39 is 0 Å². The van der Waals surface area contributed by atoms with E-state index in [1.807, 2.05) is 12.1 Å². The average Bonchev–Trinajstić information content (AvgIpc) is 3.19. The number of pyridine rings is 2. The van der Waals surface area contributed by atoms with Crippen molar-refractivity contribution in [3.05, 3.63) is 30.2 Å². The third kappa shape index (κ3) is 2.32. The van der Waals surface area contributed by atoms with Crippen molar-refractivity contribution < 1.29 is 4.74 Å². The number of likely N-dealkylation sites (tertiary alicyclic amines) is 1. The van der Waals surface area contributed by atoms with Crippen LogP contribution in [0, 0.1) is 12.3 Å². The first-order valence-electron chi connectivity index (χ1n) is 7.91. The summed E-state index contributed by atoms with van der Waals surface area (Å²) in [4.78, 5) is 14.4. The molecule has 1 N–H and O–H groups in total. The Morgan fingerprint density at radius 3 is 3.17 bits per heavy atom. The maximum Gasteiger partial charge on any atom is 0.164 e. The van der Waals surface area contributed by atoms with E-state index in [1.165, 1.54) is 0 Å². The summed E-state index contributed by atoms with van der Waals surface area (Å²) in [7, 11) is 0. The first kappa shape index (κ1) is 14.0. The minimum Gasteiger partial charge on any atom is -0.485 e. The zero-order valence-electron chi connectivity index (χ0n) is 13.0. The van der Waals surface area contributed by atoms with Crippen LogP contribution in [0.4, 0.5) is 0 Å². The molecule has 0 saturated carbocycles. The molecule has 0 spiro atoms. The third-order valence-electron chi connectivity index (χ3n) is 4.46. The molecule has 0 aliphatic carbocycles. The molecule has 3 aromatic rings. The van der Waals surface area contributed by atoms with Gasteiger partial charge in [-0.25, -0.2) is 9.97 Å². The minimum absolute atomic E-state index is 0.149. The van der Waals surface area contributed by atoms with Crippen LogP contribution in [0.5, 0.6) is 5.75 Å². The summed E-state index contributed by atoms with van der Waals surface area (Å²) in [6.07, 6.45) is 10.3. The average molecular weight is 306 g/mol. The molecular formula is C18H18N4O. The molecule has 23 heavy (non-hydrogen) atoms. The van der Waals surface area contributed by atoms with Crippen molar-refractivity contribution in [2.45, 2.75) is 19.4 Å². The highest BCUT2D eigenvalue weighted by Gasteiger charge is 2.25.